The molecule has 1 fully saturated rings. The Hall–Kier alpha value is -2.03. The molecule has 0 aromatic heterocycles. The van der Waals surface area contributed by atoms with Crippen LogP contribution in [-0.2, 0) is 6.42 Å². The molecule has 0 saturated carbocycles. The molecule has 2 aromatic carbocycles. The van der Waals surface area contributed by atoms with E-state index in [0.717, 1.165) is 24.7 Å². The second-order valence-electron chi connectivity index (χ2n) is 5.32. The molecule has 1 aliphatic heterocycles. The van der Waals surface area contributed by atoms with Gasteiger partial charge in [-0.25, -0.2) is 0 Å². The zero-order valence-corrected chi connectivity index (χ0v) is 11.9. The molecule has 104 valence electrons. The zero-order valence-electron chi connectivity index (χ0n) is 11.9. The van der Waals surface area contributed by atoms with Crippen molar-refractivity contribution in [3.8, 4) is 5.75 Å². The second kappa shape index (κ2) is 5.53. The molecular formula is C17H20N2O. The first-order valence-electron chi connectivity index (χ1n) is 7.16. The van der Waals surface area contributed by atoms with Crippen LogP contribution in [0.25, 0.3) is 10.8 Å². The lowest BCUT2D eigenvalue weighted by Gasteiger charge is -2.19. The van der Waals surface area contributed by atoms with Crippen LogP contribution in [-0.4, -0.2) is 30.9 Å². The number of methoxy groups -OCH3 is 1. The largest absolute Gasteiger partial charge is 0.497 e. The van der Waals surface area contributed by atoms with Gasteiger partial charge in [-0.15, -0.1) is 0 Å². The van der Waals surface area contributed by atoms with E-state index in [-0.39, 0.29) is 0 Å². The van der Waals surface area contributed by atoms with Crippen molar-refractivity contribution in [2.24, 2.45) is 0 Å². The summed E-state index contributed by atoms with van der Waals surface area (Å²) in [6, 6.07) is 12.4. The van der Waals surface area contributed by atoms with Gasteiger partial charge in [0.1, 0.15) is 11.6 Å². The smallest absolute Gasteiger partial charge is 0.119 e. The fraction of sp³-hybridized carbons (Fsp3) is 0.353. The topological polar surface area (TPSA) is 36.3 Å². The first-order chi connectivity index (χ1) is 9.78. The summed E-state index contributed by atoms with van der Waals surface area (Å²) in [6.45, 7) is 2.07. The van der Waals surface area contributed by atoms with Crippen LogP contribution in [0, 0.1) is 5.41 Å². The molecule has 0 amide bonds. The number of hydrogen-bond acceptors (Lipinski definition) is 2. The summed E-state index contributed by atoms with van der Waals surface area (Å²) in [5.74, 6) is 1.61. The lowest BCUT2D eigenvalue weighted by Crippen LogP contribution is -2.28. The molecule has 1 saturated heterocycles. The summed E-state index contributed by atoms with van der Waals surface area (Å²) in [4.78, 5) is 2.19. The van der Waals surface area contributed by atoms with Gasteiger partial charge in [0.25, 0.3) is 0 Å². The van der Waals surface area contributed by atoms with E-state index in [1.54, 1.807) is 7.11 Å². The number of amidine groups is 1. The first-order valence-corrected chi connectivity index (χ1v) is 7.16. The fourth-order valence-electron chi connectivity index (χ4n) is 2.88. The minimum atomic E-state index is 0.699. The maximum absolute atomic E-state index is 8.29. The van der Waals surface area contributed by atoms with Crippen LogP contribution in [0.4, 0.5) is 0 Å². The van der Waals surface area contributed by atoms with Gasteiger partial charge in [0.2, 0.25) is 0 Å². The van der Waals surface area contributed by atoms with Crippen molar-refractivity contribution in [2.75, 3.05) is 20.2 Å². The monoisotopic (exact) mass is 268 g/mol. The summed E-state index contributed by atoms with van der Waals surface area (Å²) in [7, 11) is 1.69. The highest BCUT2D eigenvalue weighted by molar-refractivity contribution is 5.92. The summed E-state index contributed by atoms with van der Waals surface area (Å²) in [5.41, 5.74) is 1.21. The highest BCUT2D eigenvalue weighted by Gasteiger charge is 2.15. The van der Waals surface area contributed by atoms with E-state index in [4.69, 9.17) is 10.1 Å². The number of nitrogens with zero attached hydrogens (tertiary/aromatic N) is 1. The number of likely N-dealkylation sites (tertiary alicyclic amines) is 1. The van der Waals surface area contributed by atoms with Crippen molar-refractivity contribution in [1.82, 2.24) is 4.90 Å². The highest BCUT2D eigenvalue weighted by Crippen LogP contribution is 2.25. The van der Waals surface area contributed by atoms with Crippen molar-refractivity contribution in [1.29, 1.82) is 5.41 Å². The van der Waals surface area contributed by atoms with Gasteiger partial charge in [0.15, 0.2) is 0 Å². The lowest BCUT2D eigenvalue weighted by molar-refractivity contribution is 0.415. The van der Waals surface area contributed by atoms with Crippen LogP contribution in [0.15, 0.2) is 36.4 Å². The quantitative estimate of drug-likeness (QED) is 0.683. The number of rotatable bonds is 3. The van der Waals surface area contributed by atoms with Crippen LogP contribution >= 0.6 is 0 Å². The normalized spacial score (nSPS) is 14.8. The van der Waals surface area contributed by atoms with Crippen LogP contribution in [0.2, 0.25) is 0 Å². The fourth-order valence-corrected chi connectivity index (χ4v) is 2.88. The summed E-state index contributed by atoms with van der Waals surface area (Å²) < 4.78 is 5.32. The van der Waals surface area contributed by atoms with Gasteiger partial charge in [0.05, 0.1) is 7.11 Å². The Morgan fingerprint density at radius 2 is 2.00 bits per heavy atom. The highest BCUT2D eigenvalue weighted by atomic mass is 16.5. The van der Waals surface area contributed by atoms with E-state index < -0.39 is 0 Å². The van der Waals surface area contributed by atoms with Gasteiger partial charge >= 0.3 is 0 Å². The average molecular weight is 268 g/mol. The van der Waals surface area contributed by atoms with Gasteiger partial charge < -0.3 is 9.64 Å². The molecule has 3 nitrogen and oxygen atoms in total. The molecule has 0 radical (unpaired) electrons. The van der Waals surface area contributed by atoms with E-state index in [9.17, 15) is 0 Å². The molecule has 0 aliphatic carbocycles. The number of ether oxygens (including phenoxy) is 1. The van der Waals surface area contributed by atoms with E-state index in [2.05, 4.69) is 35.2 Å². The van der Waals surface area contributed by atoms with E-state index in [1.807, 2.05) is 6.07 Å². The van der Waals surface area contributed by atoms with Crippen molar-refractivity contribution < 1.29 is 4.74 Å². The summed E-state index contributed by atoms with van der Waals surface area (Å²) in [5, 5.41) is 10.7. The molecular weight excluding hydrogens is 248 g/mol. The van der Waals surface area contributed by atoms with E-state index in [1.165, 1.54) is 29.2 Å². The third kappa shape index (κ3) is 2.48. The van der Waals surface area contributed by atoms with Crippen molar-refractivity contribution in [2.45, 2.75) is 19.3 Å². The zero-order chi connectivity index (χ0) is 13.9. The third-order valence-corrected chi connectivity index (χ3v) is 4.03. The van der Waals surface area contributed by atoms with Gasteiger partial charge in [-0.1, -0.05) is 24.3 Å². The van der Waals surface area contributed by atoms with Crippen molar-refractivity contribution >= 4 is 16.6 Å². The van der Waals surface area contributed by atoms with Crippen LogP contribution < -0.4 is 4.74 Å². The average Bonchev–Trinajstić information content (AvgIpc) is 3.01. The standard InChI is InChI=1S/C17H20N2O/c1-20-15-8-7-13-5-4-6-14(16(13)12-15)11-17(18)19-9-2-3-10-19/h4-8,12,18H,2-3,9-11H2,1H3. The molecule has 1 N–H and O–H groups in total. The van der Waals surface area contributed by atoms with Gasteiger partial charge in [0, 0.05) is 19.5 Å². The van der Waals surface area contributed by atoms with Crippen LogP contribution in [0.3, 0.4) is 0 Å². The van der Waals surface area contributed by atoms with Crippen molar-refractivity contribution in [3.63, 3.8) is 0 Å². The Balaban J connectivity index is 1.91. The molecule has 0 bridgehead atoms. The molecule has 3 heteroatoms. The van der Waals surface area contributed by atoms with E-state index in [0.29, 0.717) is 6.42 Å². The van der Waals surface area contributed by atoms with Crippen LogP contribution in [0.1, 0.15) is 18.4 Å². The predicted molar refractivity (Wildman–Crippen MR) is 82.7 cm³/mol. The minimum absolute atomic E-state index is 0.699. The minimum Gasteiger partial charge on any atom is -0.497 e. The lowest BCUT2D eigenvalue weighted by atomic mass is 10.0. The Morgan fingerprint density at radius 3 is 2.75 bits per heavy atom. The first kappa shape index (κ1) is 13.0. The molecule has 2 aromatic rings. The molecule has 1 heterocycles. The molecule has 0 spiro atoms. The van der Waals surface area contributed by atoms with Crippen molar-refractivity contribution in [3.05, 3.63) is 42.0 Å². The molecule has 3 rings (SSSR count). The molecule has 20 heavy (non-hydrogen) atoms. The maximum Gasteiger partial charge on any atom is 0.119 e. The molecule has 0 unspecified atom stereocenters. The van der Waals surface area contributed by atoms with Gasteiger partial charge in [-0.2, -0.15) is 0 Å². The Bertz CT molecular complexity index is 630. The third-order valence-electron chi connectivity index (χ3n) is 4.03. The van der Waals surface area contributed by atoms with E-state index >= 15 is 0 Å². The van der Waals surface area contributed by atoms with Crippen LogP contribution in [0.5, 0.6) is 5.75 Å². The second-order valence-corrected chi connectivity index (χ2v) is 5.32. The number of fused-ring (bicyclic) bond motifs is 1. The molecule has 1 aliphatic rings. The summed E-state index contributed by atoms with van der Waals surface area (Å²) in [6.07, 6.45) is 3.13. The summed E-state index contributed by atoms with van der Waals surface area (Å²) >= 11 is 0. The van der Waals surface area contributed by atoms with Gasteiger partial charge in [-0.05, 0) is 41.3 Å². The Kier molecular flexibility index (Phi) is 3.59. The SMILES string of the molecule is COc1ccc2cccc(CC(=N)N3CCCC3)c2c1. The number of benzene rings is 2. The number of hydrogen-bond donors (Lipinski definition) is 1. The Morgan fingerprint density at radius 1 is 1.20 bits per heavy atom. The number of nitrogens with one attached hydrogen (secondary N) is 1. The maximum atomic E-state index is 8.29. The predicted octanol–water partition coefficient (Wildman–Crippen LogP) is 3.46. The Labute approximate surface area is 119 Å². The van der Waals surface area contributed by atoms with Gasteiger partial charge in [-0.3, -0.25) is 5.41 Å². The molecule has 0 atom stereocenters.